The molecular weight excluding hydrogens is 352 g/mol. The third-order valence-electron chi connectivity index (χ3n) is 3.77. The number of rotatable bonds is 12. The van der Waals surface area contributed by atoms with Crippen LogP contribution in [0.5, 0.6) is 0 Å². The predicted molar refractivity (Wildman–Crippen MR) is 106 cm³/mol. The molecule has 26 heavy (non-hydrogen) atoms. The van der Waals surface area contributed by atoms with E-state index in [1.165, 1.54) is 0 Å². The summed E-state index contributed by atoms with van der Waals surface area (Å²) in [7, 11) is 4.02. The van der Waals surface area contributed by atoms with Crippen molar-refractivity contribution in [3.05, 3.63) is 57.7 Å². The number of nitrogens with zero attached hydrogens (tertiary/aromatic N) is 2. The molecule has 0 saturated carbocycles. The van der Waals surface area contributed by atoms with Crippen LogP contribution in [0.3, 0.4) is 0 Å². The second kappa shape index (κ2) is 11.1. The lowest BCUT2D eigenvalue weighted by atomic mass is 10.1. The van der Waals surface area contributed by atoms with Crippen LogP contribution in [0, 0.1) is 10.1 Å². The molecule has 0 aliphatic heterocycles. The number of furan rings is 1. The summed E-state index contributed by atoms with van der Waals surface area (Å²) in [6.45, 7) is 1.36. The first kappa shape index (κ1) is 20.5. The van der Waals surface area contributed by atoms with Gasteiger partial charge in [0.1, 0.15) is 17.7 Å². The van der Waals surface area contributed by atoms with Crippen LogP contribution in [0.2, 0.25) is 0 Å². The Hall–Kier alpha value is -1.77. The van der Waals surface area contributed by atoms with Gasteiger partial charge in [0.25, 0.3) is 0 Å². The van der Waals surface area contributed by atoms with E-state index in [0.29, 0.717) is 6.54 Å². The number of nitrogens with one attached hydrogen (secondary N) is 2. The lowest BCUT2D eigenvalue weighted by Crippen LogP contribution is -2.47. The number of thioether (sulfide) groups is 1. The third kappa shape index (κ3) is 8.07. The smallest absolute Gasteiger partial charge is 0.236 e. The second-order valence-corrected chi connectivity index (χ2v) is 7.57. The minimum Gasteiger partial charge on any atom is -0.464 e. The van der Waals surface area contributed by atoms with Crippen LogP contribution in [-0.4, -0.2) is 48.9 Å². The van der Waals surface area contributed by atoms with Gasteiger partial charge in [-0.1, -0.05) is 18.2 Å². The SMILES string of the molecule is CN(C)Cc1ccc(CSCCNC(C[N+](=O)[O-])NC2=CCC=CC2)o1. The molecule has 2 rings (SSSR count). The average molecular weight is 381 g/mol. The van der Waals surface area contributed by atoms with Gasteiger partial charge in [-0.15, -0.1) is 0 Å². The fourth-order valence-corrected chi connectivity index (χ4v) is 3.39. The van der Waals surface area contributed by atoms with E-state index < -0.39 is 0 Å². The van der Waals surface area contributed by atoms with Gasteiger partial charge in [0.15, 0.2) is 0 Å². The summed E-state index contributed by atoms with van der Waals surface area (Å²) >= 11 is 1.75. The van der Waals surface area contributed by atoms with Crippen molar-refractivity contribution in [2.75, 3.05) is 32.9 Å². The highest BCUT2D eigenvalue weighted by Gasteiger charge is 2.15. The summed E-state index contributed by atoms with van der Waals surface area (Å²) in [5, 5.41) is 17.4. The standard InChI is InChI=1S/C18H28N4O3S/c1-21(2)12-16-8-9-17(25-16)14-26-11-10-19-18(13-22(23)24)20-15-6-4-3-5-7-15/h3-4,7-9,18-20H,5-6,10-14H2,1-2H3. The summed E-state index contributed by atoms with van der Waals surface area (Å²) in [6.07, 6.45) is 7.58. The molecule has 0 radical (unpaired) electrons. The van der Waals surface area contributed by atoms with Crippen LogP contribution in [0.4, 0.5) is 0 Å². The molecule has 1 aromatic heterocycles. The molecule has 0 spiro atoms. The molecule has 1 aliphatic carbocycles. The maximum atomic E-state index is 10.9. The number of nitro groups is 1. The van der Waals surface area contributed by atoms with Gasteiger partial charge in [0.05, 0.1) is 12.3 Å². The van der Waals surface area contributed by atoms with Gasteiger partial charge >= 0.3 is 0 Å². The van der Waals surface area contributed by atoms with Gasteiger partial charge in [-0.25, -0.2) is 0 Å². The van der Waals surface area contributed by atoms with Crippen LogP contribution < -0.4 is 10.6 Å². The summed E-state index contributed by atoms with van der Waals surface area (Å²) in [5.74, 6) is 3.59. The fraction of sp³-hybridized carbons (Fsp3) is 0.556. The van der Waals surface area contributed by atoms with E-state index >= 15 is 0 Å². The molecule has 2 N–H and O–H groups in total. The molecule has 1 heterocycles. The van der Waals surface area contributed by atoms with Gasteiger partial charge in [-0.2, -0.15) is 11.8 Å². The zero-order chi connectivity index (χ0) is 18.8. The van der Waals surface area contributed by atoms with Gasteiger partial charge in [-0.3, -0.25) is 15.4 Å². The zero-order valence-corrected chi connectivity index (χ0v) is 16.3. The maximum Gasteiger partial charge on any atom is 0.236 e. The first-order chi connectivity index (χ1) is 12.5. The molecule has 1 aromatic rings. The van der Waals surface area contributed by atoms with E-state index in [0.717, 1.165) is 48.1 Å². The van der Waals surface area contributed by atoms with Crippen molar-refractivity contribution >= 4 is 11.8 Å². The van der Waals surface area contributed by atoms with Crippen molar-refractivity contribution in [3.63, 3.8) is 0 Å². The summed E-state index contributed by atoms with van der Waals surface area (Å²) in [4.78, 5) is 12.7. The molecule has 0 aromatic carbocycles. The number of hydrogen-bond acceptors (Lipinski definition) is 7. The Labute approximate surface area is 159 Å². The molecule has 0 bridgehead atoms. The lowest BCUT2D eigenvalue weighted by molar-refractivity contribution is -0.484. The van der Waals surface area contributed by atoms with E-state index in [2.05, 4.69) is 33.8 Å². The summed E-state index contributed by atoms with van der Waals surface area (Å²) < 4.78 is 5.78. The van der Waals surface area contributed by atoms with E-state index in [9.17, 15) is 10.1 Å². The first-order valence-corrected chi connectivity index (χ1v) is 9.94. The molecular formula is C18H28N4O3S. The molecule has 8 heteroatoms. The molecule has 1 atom stereocenters. The maximum absolute atomic E-state index is 10.9. The molecule has 0 amide bonds. The van der Waals surface area contributed by atoms with Crippen molar-refractivity contribution in [3.8, 4) is 0 Å². The monoisotopic (exact) mass is 380 g/mol. The number of hydrogen-bond donors (Lipinski definition) is 2. The number of allylic oxidation sites excluding steroid dienone is 3. The highest BCUT2D eigenvalue weighted by molar-refractivity contribution is 7.98. The molecule has 1 unspecified atom stereocenters. The van der Waals surface area contributed by atoms with Crippen molar-refractivity contribution in [2.45, 2.75) is 31.3 Å². The molecule has 0 saturated heterocycles. The lowest BCUT2D eigenvalue weighted by Gasteiger charge is -2.20. The second-order valence-electron chi connectivity index (χ2n) is 6.47. The Morgan fingerprint density at radius 3 is 2.85 bits per heavy atom. The van der Waals surface area contributed by atoms with Gasteiger partial charge in [0, 0.05) is 29.3 Å². The average Bonchev–Trinajstić information content (AvgIpc) is 3.01. The van der Waals surface area contributed by atoms with Gasteiger partial charge in [-0.05, 0) is 32.6 Å². The largest absolute Gasteiger partial charge is 0.464 e. The summed E-state index contributed by atoms with van der Waals surface area (Å²) in [6, 6.07) is 4.02. The summed E-state index contributed by atoms with van der Waals surface area (Å²) in [5.41, 5.74) is 1.04. The van der Waals surface area contributed by atoms with E-state index in [1.807, 2.05) is 26.2 Å². The van der Waals surface area contributed by atoms with Crippen molar-refractivity contribution < 1.29 is 9.34 Å². The Morgan fingerprint density at radius 2 is 2.15 bits per heavy atom. The van der Waals surface area contributed by atoms with Crippen LogP contribution >= 0.6 is 11.8 Å². The highest BCUT2D eigenvalue weighted by atomic mass is 32.2. The van der Waals surface area contributed by atoms with Crippen molar-refractivity contribution in [1.82, 2.24) is 15.5 Å². The van der Waals surface area contributed by atoms with Crippen LogP contribution in [0.1, 0.15) is 24.4 Å². The molecule has 7 nitrogen and oxygen atoms in total. The van der Waals surface area contributed by atoms with E-state index in [4.69, 9.17) is 4.42 Å². The molecule has 0 fully saturated rings. The van der Waals surface area contributed by atoms with E-state index in [-0.39, 0.29) is 17.6 Å². The first-order valence-electron chi connectivity index (χ1n) is 8.78. The fourth-order valence-electron chi connectivity index (χ4n) is 2.63. The van der Waals surface area contributed by atoms with Gasteiger partial charge < -0.3 is 14.6 Å². The van der Waals surface area contributed by atoms with Gasteiger partial charge in [0.2, 0.25) is 6.54 Å². The zero-order valence-electron chi connectivity index (χ0n) is 15.4. The van der Waals surface area contributed by atoms with E-state index in [1.54, 1.807) is 11.8 Å². The van der Waals surface area contributed by atoms with Crippen LogP contribution in [-0.2, 0) is 12.3 Å². The Morgan fingerprint density at radius 1 is 1.35 bits per heavy atom. The van der Waals surface area contributed by atoms with Crippen LogP contribution in [0.15, 0.2) is 40.5 Å². The predicted octanol–water partition coefficient (Wildman–Crippen LogP) is 2.59. The minimum absolute atomic E-state index is 0.141. The quantitative estimate of drug-likeness (QED) is 0.190. The highest BCUT2D eigenvalue weighted by Crippen LogP contribution is 2.16. The molecule has 144 valence electrons. The Bertz CT molecular complexity index is 628. The minimum atomic E-state index is -0.348. The Kier molecular flexibility index (Phi) is 8.73. The van der Waals surface area contributed by atoms with Crippen molar-refractivity contribution in [2.24, 2.45) is 0 Å². The third-order valence-corrected chi connectivity index (χ3v) is 4.75. The molecule has 1 aliphatic rings. The van der Waals surface area contributed by atoms with Crippen molar-refractivity contribution in [1.29, 1.82) is 0 Å². The normalized spacial score (nSPS) is 15.1. The Balaban J connectivity index is 1.67. The topological polar surface area (TPSA) is 83.6 Å². The van der Waals surface area contributed by atoms with Crippen LogP contribution in [0.25, 0.3) is 0 Å².